The van der Waals surface area contributed by atoms with E-state index in [1.165, 1.54) is 66.2 Å². The highest BCUT2D eigenvalue weighted by molar-refractivity contribution is 6.15. The lowest BCUT2D eigenvalue weighted by atomic mass is 9.89. The first-order valence-electron chi connectivity index (χ1n) is 21.9. The third kappa shape index (κ3) is 6.52. The Morgan fingerprint density at radius 3 is 1.31 bits per heavy atom. The summed E-state index contributed by atoms with van der Waals surface area (Å²) in [5.74, 6) is 0. The van der Waals surface area contributed by atoms with Gasteiger partial charge in [-0.05, 0) is 114 Å². The molecule has 0 saturated heterocycles. The van der Waals surface area contributed by atoms with Crippen LogP contribution in [0.2, 0.25) is 0 Å². The maximum Gasteiger partial charge on any atom is 0.143 e. The third-order valence-corrected chi connectivity index (χ3v) is 12.7. The number of furan rings is 1. The molecule has 0 aliphatic heterocycles. The fourth-order valence-corrected chi connectivity index (χ4v) is 9.66. The molecule has 0 atom stereocenters. The lowest BCUT2D eigenvalue weighted by molar-refractivity contribution is 0.672. The van der Waals surface area contributed by atoms with Crippen molar-refractivity contribution in [2.75, 3.05) is 4.90 Å². The minimum absolute atomic E-state index is 0.859. The quantitative estimate of drug-likeness (QED) is 0.152. The van der Waals surface area contributed by atoms with Gasteiger partial charge in [0, 0.05) is 39.3 Å². The standard InChI is InChI=1S/C62H41NO/c1-3-15-42(16-4-1)51-22-9-11-25-56(51)57-26-12-10-23-52(57)45-29-34-48(35-30-45)63(50-38-40-58-59-39-33-44-19-7-8-24-55(44)62(59)64-60(58)41-50)49-36-31-46(32-37-49)54-28-14-21-47-20-13-27-53(61(47)54)43-17-5-2-6-18-43/h1-41H. The summed E-state index contributed by atoms with van der Waals surface area (Å²) in [6.45, 7) is 0. The largest absolute Gasteiger partial charge is 0.455 e. The summed E-state index contributed by atoms with van der Waals surface area (Å²) in [4.78, 5) is 2.34. The van der Waals surface area contributed by atoms with Gasteiger partial charge < -0.3 is 9.32 Å². The Kier molecular flexibility index (Phi) is 9.20. The molecule has 0 amide bonds. The van der Waals surface area contributed by atoms with Crippen LogP contribution >= 0.6 is 0 Å². The van der Waals surface area contributed by atoms with Crippen LogP contribution in [0, 0.1) is 0 Å². The summed E-state index contributed by atoms with van der Waals surface area (Å²) >= 11 is 0. The average molecular weight is 816 g/mol. The molecule has 64 heavy (non-hydrogen) atoms. The van der Waals surface area contributed by atoms with E-state index < -0.39 is 0 Å². The second-order valence-corrected chi connectivity index (χ2v) is 16.4. The van der Waals surface area contributed by atoms with Gasteiger partial charge in [0.25, 0.3) is 0 Å². The molecule has 0 fully saturated rings. The molecule has 0 spiro atoms. The predicted molar refractivity (Wildman–Crippen MR) is 271 cm³/mol. The van der Waals surface area contributed by atoms with Crippen LogP contribution in [0.1, 0.15) is 0 Å². The smallest absolute Gasteiger partial charge is 0.143 e. The van der Waals surface area contributed by atoms with Crippen molar-refractivity contribution in [1.29, 1.82) is 0 Å². The molecule has 0 aliphatic rings. The molecule has 300 valence electrons. The molecule has 2 nitrogen and oxygen atoms in total. The Labute approximate surface area is 372 Å². The van der Waals surface area contributed by atoms with Gasteiger partial charge in [0.2, 0.25) is 0 Å². The normalized spacial score (nSPS) is 11.4. The van der Waals surface area contributed by atoms with Gasteiger partial charge in [-0.3, -0.25) is 0 Å². The predicted octanol–water partition coefficient (Wildman–Crippen LogP) is 17.7. The van der Waals surface area contributed by atoms with Crippen LogP contribution in [-0.2, 0) is 0 Å². The van der Waals surface area contributed by atoms with Gasteiger partial charge in [-0.1, -0.05) is 200 Å². The Bertz CT molecular complexity index is 3640. The van der Waals surface area contributed by atoms with Gasteiger partial charge in [0.15, 0.2) is 0 Å². The molecule has 1 heterocycles. The summed E-state index contributed by atoms with van der Waals surface area (Å²) in [6, 6.07) is 89.5. The van der Waals surface area contributed by atoms with Crippen molar-refractivity contribution in [3.05, 3.63) is 249 Å². The molecular weight excluding hydrogens is 775 g/mol. The Hall–Kier alpha value is -8.46. The highest BCUT2D eigenvalue weighted by Crippen LogP contribution is 2.44. The lowest BCUT2D eigenvalue weighted by Gasteiger charge is -2.26. The van der Waals surface area contributed by atoms with E-state index in [4.69, 9.17) is 4.42 Å². The van der Waals surface area contributed by atoms with Crippen LogP contribution in [0.15, 0.2) is 253 Å². The fourth-order valence-electron chi connectivity index (χ4n) is 9.66. The van der Waals surface area contributed by atoms with E-state index in [9.17, 15) is 0 Å². The van der Waals surface area contributed by atoms with E-state index in [1.807, 2.05) is 0 Å². The van der Waals surface area contributed by atoms with Crippen molar-refractivity contribution in [3.8, 4) is 55.6 Å². The average Bonchev–Trinajstić information content (AvgIpc) is 3.76. The fraction of sp³-hybridized carbons (Fsp3) is 0. The zero-order valence-corrected chi connectivity index (χ0v) is 35.0. The summed E-state index contributed by atoms with van der Waals surface area (Å²) < 4.78 is 6.74. The van der Waals surface area contributed by atoms with Gasteiger partial charge in [-0.2, -0.15) is 0 Å². The van der Waals surface area contributed by atoms with Gasteiger partial charge in [0.1, 0.15) is 11.2 Å². The number of fused-ring (bicyclic) bond motifs is 6. The van der Waals surface area contributed by atoms with Crippen molar-refractivity contribution < 1.29 is 4.42 Å². The maximum absolute atomic E-state index is 6.74. The third-order valence-electron chi connectivity index (χ3n) is 12.7. The number of benzene rings is 11. The number of rotatable bonds is 8. The molecule has 1 aromatic heterocycles. The second-order valence-electron chi connectivity index (χ2n) is 16.4. The van der Waals surface area contributed by atoms with Crippen LogP contribution in [-0.4, -0.2) is 0 Å². The molecular formula is C62H41NO. The van der Waals surface area contributed by atoms with Crippen molar-refractivity contribution in [2.45, 2.75) is 0 Å². The van der Waals surface area contributed by atoms with Gasteiger partial charge in [-0.15, -0.1) is 0 Å². The molecule has 11 aromatic carbocycles. The maximum atomic E-state index is 6.74. The van der Waals surface area contributed by atoms with Crippen molar-refractivity contribution >= 4 is 60.5 Å². The number of hydrogen-bond donors (Lipinski definition) is 0. The van der Waals surface area contributed by atoms with Gasteiger partial charge >= 0.3 is 0 Å². The molecule has 12 rings (SSSR count). The first-order chi connectivity index (χ1) is 31.7. The van der Waals surface area contributed by atoms with E-state index in [0.29, 0.717) is 0 Å². The first kappa shape index (κ1) is 37.3. The highest BCUT2D eigenvalue weighted by Gasteiger charge is 2.19. The monoisotopic (exact) mass is 815 g/mol. The van der Waals surface area contributed by atoms with Gasteiger partial charge in [-0.25, -0.2) is 0 Å². The second kappa shape index (κ2) is 15.8. The topological polar surface area (TPSA) is 16.4 Å². The molecule has 0 aliphatic carbocycles. The van der Waals surface area contributed by atoms with E-state index >= 15 is 0 Å². The Balaban J connectivity index is 0.980. The molecule has 2 heteroatoms. The lowest BCUT2D eigenvalue weighted by Crippen LogP contribution is -2.09. The van der Waals surface area contributed by atoms with Crippen LogP contribution in [0.5, 0.6) is 0 Å². The first-order valence-corrected chi connectivity index (χ1v) is 21.9. The zero-order valence-electron chi connectivity index (χ0n) is 35.0. The minimum atomic E-state index is 0.859. The SMILES string of the molecule is c1ccc(-c2ccccc2-c2ccccc2-c2ccc(N(c3ccc(-c4cccc5cccc(-c6ccccc6)c45)cc3)c3ccc4c(c3)oc3c5ccccc5ccc43)cc2)cc1. The van der Waals surface area contributed by atoms with E-state index in [1.54, 1.807) is 0 Å². The summed E-state index contributed by atoms with van der Waals surface area (Å²) in [5, 5.41) is 7.00. The van der Waals surface area contributed by atoms with Crippen molar-refractivity contribution in [3.63, 3.8) is 0 Å². The number of anilines is 3. The van der Waals surface area contributed by atoms with E-state index in [2.05, 4.69) is 254 Å². The van der Waals surface area contributed by atoms with Crippen LogP contribution in [0.4, 0.5) is 17.1 Å². The van der Waals surface area contributed by atoms with Crippen LogP contribution in [0.25, 0.3) is 99.1 Å². The van der Waals surface area contributed by atoms with Crippen LogP contribution < -0.4 is 4.90 Å². The van der Waals surface area contributed by atoms with E-state index in [-0.39, 0.29) is 0 Å². The molecule has 0 unspecified atom stereocenters. The van der Waals surface area contributed by atoms with E-state index in [0.717, 1.165) is 50.0 Å². The number of nitrogens with zero attached hydrogens (tertiary/aromatic N) is 1. The summed E-state index contributed by atoms with van der Waals surface area (Å²) in [5.41, 5.74) is 16.9. The molecule has 0 bridgehead atoms. The Morgan fingerprint density at radius 1 is 0.266 bits per heavy atom. The number of hydrogen-bond acceptors (Lipinski definition) is 2. The van der Waals surface area contributed by atoms with Gasteiger partial charge in [0.05, 0.1) is 0 Å². The minimum Gasteiger partial charge on any atom is -0.455 e. The summed E-state index contributed by atoms with van der Waals surface area (Å²) in [6.07, 6.45) is 0. The zero-order chi connectivity index (χ0) is 42.4. The van der Waals surface area contributed by atoms with Crippen molar-refractivity contribution in [2.24, 2.45) is 0 Å². The van der Waals surface area contributed by atoms with Crippen LogP contribution in [0.3, 0.4) is 0 Å². The highest BCUT2D eigenvalue weighted by atomic mass is 16.3. The molecule has 12 aromatic rings. The molecule has 0 saturated carbocycles. The van der Waals surface area contributed by atoms with Crippen molar-refractivity contribution in [1.82, 2.24) is 0 Å². The molecule has 0 radical (unpaired) electrons. The Morgan fingerprint density at radius 2 is 0.703 bits per heavy atom. The summed E-state index contributed by atoms with van der Waals surface area (Å²) in [7, 11) is 0. The molecule has 0 N–H and O–H groups in total.